The zero-order valence-corrected chi connectivity index (χ0v) is 13.0. The van der Waals surface area contributed by atoms with E-state index in [0.717, 1.165) is 0 Å². The normalized spacial score (nSPS) is 15.5. The first kappa shape index (κ1) is 17.2. The fourth-order valence-electron chi connectivity index (χ4n) is 1.59. The molecule has 104 valence electrons. The minimum absolute atomic E-state index is 0.657. The number of hydrogen-bond donors (Lipinski definition) is 0. The van der Waals surface area contributed by atoms with E-state index in [-0.39, 0.29) is 0 Å². The predicted molar refractivity (Wildman–Crippen MR) is 78.1 cm³/mol. The molecule has 1 unspecified atom stereocenters. The van der Waals surface area contributed by atoms with Gasteiger partial charge in [0, 0.05) is 7.11 Å². The van der Waals surface area contributed by atoms with Crippen LogP contribution < -0.4 is 0 Å². The molecule has 0 fully saturated rings. The lowest BCUT2D eigenvalue weighted by Crippen LogP contribution is -2.26. The minimum Gasteiger partial charge on any atom is -0.478 e. The maximum Gasteiger partial charge on any atom is 0.233 e. The lowest BCUT2D eigenvalue weighted by Gasteiger charge is -2.31. The van der Waals surface area contributed by atoms with Crippen LogP contribution >= 0.6 is 8.03 Å². The SMILES string of the molecule is C\C=C/C=C\C(=C/C)OC(CC)(CC)[PH](=O)OC. The van der Waals surface area contributed by atoms with Gasteiger partial charge in [0.15, 0.2) is 5.34 Å². The van der Waals surface area contributed by atoms with Crippen LogP contribution in [0, 0.1) is 0 Å². The lowest BCUT2D eigenvalue weighted by molar-refractivity contribution is 0.0651. The summed E-state index contributed by atoms with van der Waals surface area (Å²) in [6.45, 7) is 7.78. The molecule has 0 saturated carbocycles. The van der Waals surface area contributed by atoms with Crippen molar-refractivity contribution in [1.29, 1.82) is 0 Å². The molecule has 0 aromatic carbocycles. The molecule has 0 bridgehead atoms. The van der Waals surface area contributed by atoms with Crippen LogP contribution in [-0.4, -0.2) is 12.5 Å². The molecule has 0 saturated heterocycles. The summed E-state index contributed by atoms with van der Waals surface area (Å²) >= 11 is 0. The fraction of sp³-hybridized carbons (Fsp3) is 0.571. The molecule has 3 nitrogen and oxygen atoms in total. The second-order valence-electron chi connectivity index (χ2n) is 3.87. The van der Waals surface area contributed by atoms with E-state index in [2.05, 4.69) is 0 Å². The molecule has 0 heterocycles. The van der Waals surface area contributed by atoms with Crippen LogP contribution in [0.1, 0.15) is 40.5 Å². The molecule has 0 aliphatic rings. The Labute approximate surface area is 111 Å². The first-order valence-electron chi connectivity index (χ1n) is 6.33. The van der Waals surface area contributed by atoms with Gasteiger partial charge >= 0.3 is 0 Å². The van der Waals surface area contributed by atoms with E-state index in [9.17, 15) is 4.57 Å². The van der Waals surface area contributed by atoms with Gasteiger partial charge in [-0.2, -0.15) is 0 Å². The Morgan fingerprint density at radius 3 is 2.22 bits per heavy atom. The third kappa shape index (κ3) is 4.83. The van der Waals surface area contributed by atoms with Crippen LogP contribution in [0.25, 0.3) is 0 Å². The fourth-order valence-corrected chi connectivity index (χ4v) is 2.74. The topological polar surface area (TPSA) is 35.5 Å². The zero-order chi connectivity index (χ0) is 14.0. The van der Waals surface area contributed by atoms with Gasteiger partial charge in [-0.25, -0.2) is 0 Å². The molecule has 0 spiro atoms. The van der Waals surface area contributed by atoms with Gasteiger partial charge in [-0.15, -0.1) is 0 Å². The minimum atomic E-state index is -2.23. The predicted octanol–water partition coefficient (Wildman–Crippen LogP) is 4.68. The third-order valence-corrected chi connectivity index (χ3v) is 4.79. The molecule has 0 aromatic heterocycles. The van der Waals surface area contributed by atoms with Crippen molar-refractivity contribution in [3.8, 4) is 0 Å². The van der Waals surface area contributed by atoms with Gasteiger partial charge in [0.25, 0.3) is 0 Å². The van der Waals surface area contributed by atoms with Gasteiger partial charge < -0.3 is 9.26 Å². The lowest BCUT2D eigenvalue weighted by atomic mass is 10.2. The molecule has 0 radical (unpaired) electrons. The van der Waals surface area contributed by atoms with Crippen LogP contribution in [0.5, 0.6) is 0 Å². The molecule has 0 aliphatic heterocycles. The first-order valence-corrected chi connectivity index (χ1v) is 7.64. The van der Waals surface area contributed by atoms with Crippen LogP contribution in [0.3, 0.4) is 0 Å². The average molecular weight is 272 g/mol. The third-order valence-electron chi connectivity index (χ3n) is 2.86. The highest BCUT2D eigenvalue weighted by molar-refractivity contribution is 7.40. The van der Waals surface area contributed by atoms with Crippen molar-refractivity contribution in [2.45, 2.75) is 45.9 Å². The smallest absolute Gasteiger partial charge is 0.233 e. The van der Waals surface area contributed by atoms with Gasteiger partial charge in [-0.05, 0) is 38.8 Å². The van der Waals surface area contributed by atoms with Gasteiger partial charge in [-0.3, -0.25) is 4.57 Å². The molecule has 0 aliphatic carbocycles. The van der Waals surface area contributed by atoms with E-state index in [0.29, 0.717) is 18.6 Å². The molecule has 1 atom stereocenters. The molecule has 0 rings (SSSR count). The van der Waals surface area contributed by atoms with Crippen LogP contribution in [0.15, 0.2) is 36.1 Å². The zero-order valence-electron chi connectivity index (χ0n) is 12.0. The van der Waals surface area contributed by atoms with Crippen LogP contribution in [0.2, 0.25) is 0 Å². The molecule has 0 N–H and O–H groups in total. The van der Waals surface area contributed by atoms with E-state index in [4.69, 9.17) is 9.26 Å². The van der Waals surface area contributed by atoms with Crippen molar-refractivity contribution >= 4 is 8.03 Å². The van der Waals surface area contributed by atoms with Gasteiger partial charge in [-0.1, -0.05) is 32.1 Å². The van der Waals surface area contributed by atoms with E-state index in [1.807, 2.05) is 58.1 Å². The maximum absolute atomic E-state index is 12.1. The summed E-state index contributed by atoms with van der Waals surface area (Å²) in [6, 6.07) is 0. The summed E-state index contributed by atoms with van der Waals surface area (Å²) in [5.74, 6) is 0.715. The highest BCUT2D eigenvalue weighted by Gasteiger charge is 2.36. The van der Waals surface area contributed by atoms with Crippen molar-refractivity contribution in [3.63, 3.8) is 0 Å². The maximum atomic E-state index is 12.1. The average Bonchev–Trinajstić information content (AvgIpc) is 2.42. The Hall–Kier alpha value is -0.790. The Balaban J connectivity index is 5.02. The standard InChI is InChI=1S/C14H25O3P/c1-6-10-11-12-13(7-2)17-14(8-3,9-4)18(15)16-5/h6-7,10-12,18H,8-9H2,1-5H3/b10-6-,12-11-,13-7+. The van der Waals surface area contributed by atoms with Crippen LogP contribution in [0.4, 0.5) is 0 Å². The van der Waals surface area contributed by atoms with Crippen molar-refractivity contribution in [1.82, 2.24) is 0 Å². The van der Waals surface area contributed by atoms with Gasteiger partial charge in [0.2, 0.25) is 8.03 Å². The summed E-state index contributed by atoms with van der Waals surface area (Å²) in [7, 11) is -0.760. The molecule has 18 heavy (non-hydrogen) atoms. The van der Waals surface area contributed by atoms with E-state index >= 15 is 0 Å². The van der Waals surface area contributed by atoms with E-state index in [1.54, 1.807) is 0 Å². The largest absolute Gasteiger partial charge is 0.478 e. The number of ether oxygens (including phenoxy) is 1. The van der Waals surface area contributed by atoms with E-state index in [1.165, 1.54) is 7.11 Å². The summed E-state index contributed by atoms with van der Waals surface area (Å²) in [6.07, 6.45) is 10.8. The van der Waals surface area contributed by atoms with Crippen molar-refractivity contribution in [2.75, 3.05) is 7.11 Å². The molecule has 0 aromatic rings. The van der Waals surface area contributed by atoms with Crippen molar-refractivity contribution in [3.05, 3.63) is 36.1 Å². The Kier molecular flexibility index (Phi) is 8.78. The summed E-state index contributed by atoms with van der Waals surface area (Å²) in [5.41, 5.74) is 0. The highest BCUT2D eigenvalue weighted by atomic mass is 31.1. The molecular weight excluding hydrogens is 247 g/mol. The second-order valence-corrected chi connectivity index (χ2v) is 5.77. The monoisotopic (exact) mass is 272 g/mol. The molecular formula is C14H25O3P. The number of hydrogen-bond acceptors (Lipinski definition) is 3. The van der Waals surface area contributed by atoms with Gasteiger partial charge in [0.1, 0.15) is 5.76 Å². The Morgan fingerprint density at radius 1 is 1.22 bits per heavy atom. The van der Waals surface area contributed by atoms with Crippen molar-refractivity contribution < 1.29 is 13.8 Å². The van der Waals surface area contributed by atoms with Crippen molar-refractivity contribution in [2.24, 2.45) is 0 Å². The molecule has 0 amide bonds. The molecule has 4 heteroatoms. The highest BCUT2D eigenvalue weighted by Crippen LogP contribution is 2.46. The number of allylic oxidation sites excluding steroid dienone is 5. The number of rotatable bonds is 8. The Bertz CT molecular complexity index is 339. The van der Waals surface area contributed by atoms with Gasteiger partial charge in [0.05, 0.1) is 0 Å². The summed E-state index contributed by atoms with van der Waals surface area (Å²) in [4.78, 5) is 0. The first-order chi connectivity index (χ1) is 8.60. The second kappa shape index (κ2) is 9.18. The van der Waals surface area contributed by atoms with E-state index < -0.39 is 13.4 Å². The summed E-state index contributed by atoms with van der Waals surface area (Å²) < 4.78 is 23.0. The quantitative estimate of drug-likeness (QED) is 0.366. The van der Waals surface area contributed by atoms with Crippen LogP contribution in [-0.2, 0) is 13.8 Å². The Morgan fingerprint density at radius 2 is 1.83 bits per heavy atom. The summed E-state index contributed by atoms with van der Waals surface area (Å²) in [5, 5.41) is -0.707.